The van der Waals surface area contributed by atoms with Crippen LogP contribution in [0.5, 0.6) is 0 Å². The zero-order chi connectivity index (χ0) is 7.33. The van der Waals surface area contributed by atoms with Crippen LogP contribution in [0.2, 0.25) is 0 Å². The first-order valence-electron chi connectivity index (χ1n) is 2.72. The van der Waals surface area contributed by atoms with Gasteiger partial charge in [0.05, 0.1) is 6.42 Å². The predicted octanol–water partition coefficient (Wildman–Crippen LogP) is 0.350. The topological polar surface area (TPSA) is 37.3 Å². The van der Waals surface area contributed by atoms with Crippen molar-refractivity contribution in [3.63, 3.8) is 0 Å². The van der Waals surface area contributed by atoms with Crippen molar-refractivity contribution in [2.24, 2.45) is 0 Å². The van der Waals surface area contributed by atoms with Crippen molar-refractivity contribution in [3.05, 3.63) is 0 Å². The number of aldehydes is 1. The molecule has 0 unspecified atom stereocenters. The summed E-state index contributed by atoms with van der Waals surface area (Å²) in [5.74, 6) is 5.00. The molecule has 0 aliphatic carbocycles. The lowest BCUT2D eigenvalue weighted by atomic mass is 10.1. The van der Waals surface area contributed by atoms with Gasteiger partial charge in [0.25, 0.3) is 0 Å². The molecule has 0 aromatic heterocycles. The fraction of sp³-hybridized carbons (Fsp3) is 0.571. The molecule has 0 radical (unpaired) electrons. The molecule has 0 bridgehead atoms. The van der Waals surface area contributed by atoms with E-state index in [0.29, 0.717) is 6.29 Å². The predicted molar refractivity (Wildman–Crippen MR) is 34.8 cm³/mol. The van der Waals surface area contributed by atoms with E-state index >= 15 is 0 Å². The van der Waals surface area contributed by atoms with Crippen LogP contribution in [0.3, 0.4) is 0 Å². The summed E-state index contributed by atoms with van der Waals surface area (Å²) in [4.78, 5) is 9.71. The third-order valence-corrected chi connectivity index (χ3v) is 0.580. The van der Waals surface area contributed by atoms with Crippen LogP contribution in [0.25, 0.3) is 0 Å². The molecule has 2 heteroatoms. The summed E-state index contributed by atoms with van der Waals surface area (Å²) in [6.07, 6.45) is 0.905. The Balaban J connectivity index is 3.72. The van der Waals surface area contributed by atoms with Crippen LogP contribution in [0.15, 0.2) is 0 Å². The quantitative estimate of drug-likeness (QED) is 0.406. The Hall–Kier alpha value is -0.810. The van der Waals surface area contributed by atoms with Gasteiger partial charge in [0.1, 0.15) is 11.9 Å². The van der Waals surface area contributed by atoms with Crippen molar-refractivity contribution in [1.29, 1.82) is 0 Å². The van der Waals surface area contributed by atoms with Gasteiger partial charge in [-0.1, -0.05) is 11.8 Å². The molecule has 0 saturated carbocycles. The van der Waals surface area contributed by atoms with Gasteiger partial charge in [-0.05, 0) is 13.8 Å². The van der Waals surface area contributed by atoms with Crippen molar-refractivity contribution < 1.29 is 9.90 Å². The number of carbonyl (C=O) groups is 1. The van der Waals surface area contributed by atoms with E-state index in [-0.39, 0.29) is 6.42 Å². The summed E-state index contributed by atoms with van der Waals surface area (Å²) >= 11 is 0. The van der Waals surface area contributed by atoms with Crippen LogP contribution in [-0.2, 0) is 4.79 Å². The number of aliphatic hydroxyl groups is 1. The zero-order valence-corrected chi connectivity index (χ0v) is 5.64. The van der Waals surface area contributed by atoms with Crippen molar-refractivity contribution in [2.45, 2.75) is 25.9 Å². The molecular weight excluding hydrogens is 116 g/mol. The molecular formula is C7H10O2. The molecule has 0 amide bonds. The summed E-state index contributed by atoms with van der Waals surface area (Å²) in [6, 6.07) is 0. The first-order chi connectivity index (χ1) is 4.06. The average Bonchev–Trinajstić information content (AvgIpc) is 1.63. The third kappa shape index (κ3) is 7.19. The zero-order valence-electron chi connectivity index (χ0n) is 5.64. The summed E-state index contributed by atoms with van der Waals surface area (Å²) in [5, 5.41) is 8.95. The summed E-state index contributed by atoms with van der Waals surface area (Å²) in [5.41, 5.74) is -0.969. The summed E-state index contributed by atoms with van der Waals surface area (Å²) in [7, 11) is 0. The molecule has 9 heavy (non-hydrogen) atoms. The molecule has 0 atom stereocenters. The fourth-order valence-corrected chi connectivity index (χ4v) is 0.309. The Morgan fingerprint density at radius 3 is 2.56 bits per heavy atom. The maximum Gasteiger partial charge on any atom is 0.131 e. The number of rotatable bonds is 1. The Labute approximate surface area is 54.9 Å². The van der Waals surface area contributed by atoms with Gasteiger partial charge in [0.15, 0.2) is 0 Å². The number of hydrogen-bond donors (Lipinski definition) is 1. The molecule has 1 N–H and O–H groups in total. The van der Waals surface area contributed by atoms with Crippen molar-refractivity contribution in [2.75, 3.05) is 0 Å². The third-order valence-electron chi connectivity index (χ3n) is 0.580. The minimum atomic E-state index is -0.969. The molecule has 0 fully saturated rings. The maximum absolute atomic E-state index is 9.71. The van der Waals surface area contributed by atoms with Crippen LogP contribution < -0.4 is 0 Å². The van der Waals surface area contributed by atoms with Crippen molar-refractivity contribution in [3.8, 4) is 11.8 Å². The van der Waals surface area contributed by atoms with Crippen LogP contribution in [0.1, 0.15) is 20.3 Å². The first kappa shape index (κ1) is 8.19. The van der Waals surface area contributed by atoms with Gasteiger partial charge in [-0.3, -0.25) is 0 Å². The second-order valence-electron chi connectivity index (χ2n) is 2.23. The van der Waals surface area contributed by atoms with E-state index in [1.165, 1.54) is 0 Å². The first-order valence-corrected chi connectivity index (χ1v) is 2.72. The van der Waals surface area contributed by atoms with Gasteiger partial charge in [0, 0.05) is 0 Å². The number of hydrogen-bond acceptors (Lipinski definition) is 2. The molecule has 0 heterocycles. The van der Waals surface area contributed by atoms with Crippen LogP contribution >= 0.6 is 0 Å². The van der Waals surface area contributed by atoms with Crippen LogP contribution in [0, 0.1) is 11.8 Å². The van der Waals surface area contributed by atoms with E-state index in [1.807, 2.05) is 0 Å². The Kier molecular flexibility index (Phi) is 2.97. The average molecular weight is 126 g/mol. The lowest BCUT2D eigenvalue weighted by Gasteiger charge is -2.05. The summed E-state index contributed by atoms with van der Waals surface area (Å²) in [6.45, 7) is 3.15. The van der Waals surface area contributed by atoms with Crippen LogP contribution in [-0.4, -0.2) is 17.0 Å². The fourth-order valence-electron chi connectivity index (χ4n) is 0.309. The van der Waals surface area contributed by atoms with E-state index in [4.69, 9.17) is 5.11 Å². The molecule has 2 nitrogen and oxygen atoms in total. The second-order valence-corrected chi connectivity index (χ2v) is 2.23. The molecule has 50 valence electrons. The highest BCUT2D eigenvalue weighted by Gasteiger charge is 2.04. The van der Waals surface area contributed by atoms with Crippen molar-refractivity contribution in [1.82, 2.24) is 0 Å². The lowest BCUT2D eigenvalue weighted by Crippen LogP contribution is -2.14. The molecule has 0 aromatic carbocycles. The molecule has 0 spiro atoms. The molecule has 0 aromatic rings. The van der Waals surface area contributed by atoms with Gasteiger partial charge in [-0.25, -0.2) is 0 Å². The van der Waals surface area contributed by atoms with E-state index in [1.54, 1.807) is 13.8 Å². The van der Waals surface area contributed by atoms with E-state index in [9.17, 15) is 4.79 Å². The van der Waals surface area contributed by atoms with Gasteiger partial charge < -0.3 is 9.90 Å². The van der Waals surface area contributed by atoms with E-state index < -0.39 is 5.60 Å². The lowest BCUT2D eigenvalue weighted by molar-refractivity contribution is -0.107. The molecule has 0 aliphatic rings. The molecule has 0 saturated heterocycles. The minimum Gasteiger partial charge on any atom is -0.378 e. The molecule has 0 aliphatic heterocycles. The highest BCUT2D eigenvalue weighted by Crippen LogP contribution is 1.95. The second kappa shape index (κ2) is 3.26. The maximum atomic E-state index is 9.71. The summed E-state index contributed by atoms with van der Waals surface area (Å²) < 4.78 is 0. The minimum absolute atomic E-state index is 0.198. The standard InChI is InChI=1S/C7H10O2/c1-7(2,9)5-3-4-6-8/h6,9H,4H2,1-2H3. The van der Waals surface area contributed by atoms with Crippen molar-refractivity contribution >= 4 is 6.29 Å². The van der Waals surface area contributed by atoms with Crippen LogP contribution in [0.4, 0.5) is 0 Å². The molecule has 0 rings (SSSR count). The van der Waals surface area contributed by atoms with E-state index in [0.717, 1.165) is 0 Å². The Morgan fingerprint density at radius 1 is 1.67 bits per heavy atom. The number of carbonyl (C=O) groups excluding carboxylic acids is 1. The normalized spacial score (nSPS) is 9.67. The van der Waals surface area contributed by atoms with Gasteiger partial charge >= 0.3 is 0 Å². The van der Waals surface area contributed by atoms with Gasteiger partial charge in [-0.2, -0.15) is 0 Å². The Morgan fingerprint density at radius 2 is 2.22 bits per heavy atom. The van der Waals surface area contributed by atoms with E-state index in [2.05, 4.69) is 11.8 Å². The van der Waals surface area contributed by atoms with Gasteiger partial charge in [-0.15, -0.1) is 0 Å². The monoisotopic (exact) mass is 126 g/mol. The SMILES string of the molecule is CC(C)(O)C#CCC=O. The van der Waals surface area contributed by atoms with Gasteiger partial charge in [0.2, 0.25) is 0 Å². The largest absolute Gasteiger partial charge is 0.378 e. The highest BCUT2D eigenvalue weighted by molar-refractivity contribution is 5.54. The Bertz CT molecular complexity index is 143. The highest BCUT2D eigenvalue weighted by atomic mass is 16.3. The smallest absolute Gasteiger partial charge is 0.131 e.